The van der Waals surface area contributed by atoms with Gasteiger partial charge in [-0.15, -0.1) is 0 Å². The van der Waals surface area contributed by atoms with Crippen molar-refractivity contribution in [2.45, 2.75) is 65.3 Å². The van der Waals surface area contributed by atoms with Gasteiger partial charge in [0.2, 0.25) is 0 Å². The van der Waals surface area contributed by atoms with Crippen LogP contribution in [0.4, 0.5) is 5.82 Å². The van der Waals surface area contributed by atoms with Gasteiger partial charge in [0.15, 0.2) is 0 Å². The van der Waals surface area contributed by atoms with Gasteiger partial charge in [-0.25, -0.2) is 4.98 Å². The van der Waals surface area contributed by atoms with E-state index < -0.39 is 0 Å². The average Bonchev–Trinajstić information content (AvgIpc) is 2.25. The lowest BCUT2D eigenvalue weighted by molar-refractivity contribution is 0.473. The van der Waals surface area contributed by atoms with Crippen LogP contribution in [0, 0.1) is 0 Å². The van der Waals surface area contributed by atoms with Crippen LogP contribution in [0.15, 0.2) is 12.1 Å². The maximum Gasteiger partial charge on any atom is 0.132 e. The molecule has 0 saturated heterocycles. The first-order valence-electron chi connectivity index (χ1n) is 6.97. The van der Waals surface area contributed by atoms with Gasteiger partial charge in [-0.3, -0.25) is 0 Å². The molecule has 0 bridgehead atoms. The van der Waals surface area contributed by atoms with Gasteiger partial charge in [-0.05, 0) is 45.2 Å². The Kier molecular flexibility index (Phi) is 3.16. The molecule has 0 saturated carbocycles. The third-order valence-electron chi connectivity index (χ3n) is 3.62. The summed E-state index contributed by atoms with van der Waals surface area (Å²) >= 11 is 0. The molecule has 1 aromatic heterocycles. The summed E-state index contributed by atoms with van der Waals surface area (Å²) in [7, 11) is 0. The van der Waals surface area contributed by atoms with E-state index in [2.05, 4.69) is 58.6 Å². The number of aryl methyl sites for hydroxylation is 1. The maximum absolute atomic E-state index is 4.96. The lowest BCUT2D eigenvalue weighted by Gasteiger charge is -2.41. The van der Waals surface area contributed by atoms with Crippen molar-refractivity contribution in [3.63, 3.8) is 0 Å². The van der Waals surface area contributed by atoms with Crippen LogP contribution in [0.1, 0.15) is 59.2 Å². The monoisotopic (exact) mass is 246 g/mol. The van der Waals surface area contributed by atoms with Gasteiger partial charge in [-0.1, -0.05) is 26.8 Å². The van der Waals surface area contributed by atoms with Gasteiger partial charge in [0.05, 0.1) is 0 Å². The molecule has 0 N–H and O–H groups in total. The summed E-state index contributed by atoms with van der Waals surface area (Å²) in [5.74, 6) is 1.21. The SMILES string of the molecule is CC(C)(C)c1ccc2c(n1)N(C(C)(C)C)CCC2. The number of hydrogen-bond donors (Lipinski definition) is 0. The molecule has 100 valence electrons. The molecule has 2 nitrogen and oxygen atoms in total. The van der Waals surface area contributed by atoms with Crippen LogP contribution in [-0.4, -0.2) is 17.1 Å². The summed E-state index contributed by atoms with van der Waals surface area (Å²) in [6.45, 7) is 14.6. The van der Waals surface area contributed by atoms with Gasteiger partial charge in [0.1, 0.15) is 5.82 Å². The van der Waals surface area contributed by atoms with Gasteiger partial charge in [0.25, 0.3) is 0 Å². The zero-order valence-corrected chi connectivity index (χ0v) is 12.7. The van der Waals surface area contributed by atoms with E-state index >= 15 is 0 Å². The lowest BCUT2D eigenvalue weighted by Crippen LogP contribution is -2.45. The predicted molar refractivity (Wildman–Crippen MR) is 78.4 cm³/mol. The van der Waals surface area contributed by atoms with Crippen LogP contribution in [-0.2, 0) is 11.8 Å². The molecule has 1 aliphatic rings. The molecule has 1 aromatic rings. The van der Waals surface area contributed by atoms with E-state index in [1.807, 2.05) is 0 Å². The molecule has 18 heavy (non-hydrogen) atoms. The lowest BCUT2D eigenvalue weighted by atomic mass is 9.90. The minimum atomic E-state index is 0.121. The summed E-state index contributed by atoms with van der Waals surface area (Å²) in [5.41, 5.74) is 2.87. The van der Waals surface area contributed by atoms with Crippen molar-refractivity contribution < 1.29 is 0 Å². The number of rotatable bonds is 0. The first-order chi connectivity index (χ1) is 8.19. The van der Waals surface area contributed by atoms with Gasteiger partial charge in [-0.2, -0.15) is 0 Å². The Morgan fingerprint density at radius 3 is 2.28 bits per heavy atom. The minimum Gasteiger partial charge on any atom is -0.352 e. The molecule has 0 radical (unpaired) electrons. The summed E-state index contributed by atoms with van der Waals surface area (Å²) in [6.07, 6.45) is 2.40. The van der Waals surface area contributed by atoms with Crippen molar-refractivity contribution in [2.24, 2.45) is 0 Å². The van der Waals surface area contributed by atoms with E-state index in [0.29, 0.717) is 0 Å². The maximum atomic E-state index is 4.96. The molecule has 0 amide bonds. The fourth-order valence-corrected chi connectivity index (χ4v) is 2.51. The first-order valence-corrected chi connectivity index (χ1v) is 6.97. The molecular formula is C16H26N2. The highest BCUT2D eigenvalue weighted by molar-refractivity contribution is 5.52. The van der Waals surface area contributed by atoms with Crippen molar-refractivity contribution in [1.82, 2.24) is 4.98 Å². The van der Waals surface area contributed by atoms with E-state index in [1.54, 1.807) is 0 Å². The fourth-order valence-electron chi connectivity index (χ4n) is 2.51. The van der Waals surface area contributed by atoms with Gasteiger partial charge < -0.3 is 4.90 Å². The Labute approximate surface area is 111 Å². The van der Waals surface area contributed by atoms with E-state index in [0.717, 1.165) is 6.54 Å². The number of anilines is 1. The molecular weight excluding hydrogens is 220 g/mol. The Morgan fingerprint density at radius 2 is 1.72 bits per heavy atom. The molecule has 2 rings (SSSR count). The van der Waals surface area contributed by atoms with Crippen molar-refractivity contribution in [3.05, 3.63) is 23.4 Å². The van der Waals surface area contributed by atoms with E-state index in [9.17, 15) is 0 Å². The van der Waals surface area contributed by atoms with Crippen LogP contribution < -0.4 is 4.90 Å². The van der Waals surface area contributed by atoms with Gasteiger partial charge >= 0.3 is 0 Å². The molecule has 2 heteroatoms. The first kappa shape index (κ1) is 13.4. The second-order valence-electron chi connectivity index (χ2n) is 7.36. The second-order valence-corrected chi connectivity index (χ2v) is 7.36. The molecule has 2 heterocycles. The molecule has 0 unspecified atom stereocenters. The summed E-state index contributed by atoms with van der Waals surface area (Å²) < 4.78 is 0. The smallest absolute Gasteiger partial charge is 0.132 e. The largest absolute Gasteiger partial charge is 0.352 e. The summed E-state index contributed by atoms with van der Waals surface area (Å²) in [4.78, 5) is 7.42. The Balaban J connectivity index is 2.48. The highest BCUT2D eigenvalue weighted by atomic mass is 15.2. The second kappa shape index (κ2) is 4.25. The van der Waals surface area contributed by atoms with Crippen LogP contribution in [0.5, 0.6) is 0 Å². The van der Waals surface area contributed by atoms with Crippen LogP contribution in [0.25, 0.3) is 0 Å². The molecule has 0 spiro atoms. The summed E-state index contributed by atoms with van der Waals surface area (Å²) in [6, 6.07) is 4.48. The van der Waals surface area contributed by atoms with Crippen molar-refractivity contribution in [2.75, 3.05) is 11.4 Å². The zero-order chi connectivity index (χ0) is 13.6. The molecule has 0 fully saturated rings. The van der Waals surface area contributed by atoms with Crippen molar-refractivity contribution in [1.29, 1.82) is 0 Å². The number of pyridine rings is 1. The Hall–Kier alpha value is -1.05. The molecule has 0 aromatic carbocycles. The number of aromatic nitrogens is 1. The standard InChI is InChI=1S/C16H26N2/c1-15(2,3)13-10-9-12-8-7-11-18(14(12)17-13)16(4,5)6/h9-10H,7-8,11H2,1-6H3. The predicted octanol–water partition coefficient (Wildman–Crippen LogP) is 3.93. The third kappa shape index (κ3) is 2.52. The summed E-state index contributed by atoms with van der Waals surface area (Å²) in [5, 5.41) is 0. The molecule has 1 aliphatic heterocycles. The van der Waals surface area contributed by atoms with E-state index in [1.165, 1.54) is 29.9 Å². The number of nitrogens with zero attached hydrogens (tertiary/aromatic N) is 2. The third-order valence-corrected chi connectivity index (χ3v) is 3.62. The molecule has 0 atom stereocenters. The minimum absolute atomic E-state index is 0.121. The fraction of sp³-hybridized carbons (Fsp3) is 0.688. The Bertz CT molecular complexity index is 435. The quantitative estimate of drug-likeness (QED) is 0.689. The normalized spacial score (nSPS) is 16.7. The van der Waals surface area contributed by atoms with Crippen LogP contribution in [0.3, 0.4) is 0 Å². The average molecular weight is 246 g/mol. The van der Waals surface area contributed by atoms with Crippen LogP contribution >= 0.6 is 0 Å². The van der Waals surface area contributed by atoms with Gasteiger partial charge in [0, 0.05) is 23.2 Å². The topological polar surface area (TPSA) is 16.1 Å². The highest BCUT2D eigenvalue weighted by Gasteiger charge is 2.29. The van der Waals surface area contributed by atoms with E-state index in [4.69, 9.17) is 4.98 Å². The zero-order valence-electron chi connectivity index (χ0n) is 12.7. The number of fused-ring (bicyclic) bond motifs is 1. The Morgan fingerprint density at radius 1 is 1.06 bits per heavy atom. The van der Waals surface area contributed by atoms with E-state index in [-0.39, 0.29) is 11.0 Å². The highest BCUT2D eigenvalue weighted by Crippen LogP contribution is 2.33. The molecule has 0 aliphatic carbocycles. The van der Waals surface area contributed by atoms with Crippen molar-refractivity contribution in [3.8, 4) is 0 Å². The van der Waals surface area contributed by atoms with Crippen molar-refractivity contribution >= 4 is 5.82 Å². The number of hydrogen-bond acceptors (Lipinski definition) is 2. The van der Waals surface area contributed by atoms with Crippen LogP contribution in [0.2, 0.25) is 0 Å².